The van der Waals surface area contributed by atoms with E-state index in [1.54, 1.807) is 29.2 Å². The summed E-state index contributed by atoms with van der Waals surface area (Å²) in [5.41, 5.74) is 3.75. The fourth-order valence-corrected chi connectivity index (χ4v) is 3.78. The molecule has 1 aliphatic rings. The zero-order valence-electron chi connectivity index (χ0n) is 12.7. The van der Waals surface area contributed by atoms with Crippen molar-refractivity contribution < 1.29 is 9.90 Å². The van der Waals surface area contributed by atoms with Gasteiger partial charge in [0.1, 0.15) is 5.75 Å². The first kappa shape index (κ1) is 15.8. The van der Waals surface area contributed by atoms with Gasteiger partial charge in [0.2, 0.25) is 0 Å². The van der Waals surface area contributed by atoms with Crippen molar-refractivity contribution in [3.8, 4) is 5.75 Å². The van der Waals surface area contributed by atoms with Crippen LogP contribution >= 0.6 is 24.0 Å². The van der Waals surface area contributed by atoms with Crippen molar-refractivity contribution in [2.24, 2.45) is 0 Å². The van der Waals surface area contributed by atoms with Crippen LogP contribution in [0.1, 0.15) is 16.7 Å². The third-order valence-corrected chi connectivity index (χ3v) is 4.86. The van der Waals surface area contributed by atoms with Crippen molar-refractivity contribution in [3.63, 3.8) is 0 Å². The van der Waals surface area contributed by atoms with Gasteiger partial charge < -0.3 is 5.11 Å². The second-order valence-corrected chi connectivity index (χ2v) is 7.08. The van der Waals surface area contributed by atoms with Gasteiger partial charge in [0.25, 0.3) is 5.91 Å². The van der Waals surface area contributed by atoms with Gasteiger partial charge in [-0.2, -0.15) is 0 Å². The van der Waals surface area contributed by atoms with Crippen LogP contribution in [0.15, 0.2) is 47.4 Å². The number of phenols is 1. The number of thioether (sulfide) groups is 1. The molecule has 1 heterocycles. The molecule has 0 atom stereocenters. The van der Waals surface area contributed by atoms with E-state index in [0.717, 1.165) is 22.4 Å². The van der Waals surface area contributed by atoms with E-state index >= 15 is 0 Å². The highest BCUT2D eigenvalue weighted by Crippen LogP contribution is 2.37. The molecule has 0 radical (unpaired) electrons. The Bertz CT molecular complexity index is 843. The topological polar surface area (TPSA) is 40.5 Å². The molecule has 5 heteroatoms. The van der Waals surface area contributed by atoms with Crippen LogP contribution in [0, 0.1) is 13.8 Å². The largest absolute Gasteiger partial charge is 0.508 e. The number of anilines is 1. The molecule has 0 unspecified atom stereocenters. The molecule has 1 amide bonds. The molecule has 2 aromatic carbocycles. The summed E-state index contributed by atoms with van der Waals surface area (Å²) >= 11 is 6.67. The highest BCUT2D eigenvalue weighted by molar-refractivity contribution is 8.27. The summed E-state index contributed by atoms with van der Waals surface area (Å²) in [7, 11) is 0. The molecular formula is C18H15NO2S2. The van der Waals surface area contributed by atoms with Gasteiger partial charge in [-0.25, -0.2) is 0 Å². The van der Waals surface area contributed by atoms with Crippen molar-refractivity contribution in [2.75, 3.05) is 4.90 Å². The fourth-order valence-electron chi connectivity index (χ4n) is 2.50. The van der Waals surface area contributed by atoms with Crippen LogP contribution in [0.4, 0.5) is 5.69 Å². The Labute approximate surface area is 144 Å². The minimum atomic E-state index is -0.129. The van der Waals surface area contributed by atoms with E-state index in [0.29, 0.717) is 9.23 Å². The van der Waals surface area contributed by atoms with Crippen LogP contribution < -0.4 is 4.90 Å². The average Bonchev–Trinajstić information content (AvgIpc) is 2.74. The Morgan fingerprint density at radius 3 is 2.65 bits per heavy atom. The smallest absolute Gasteiger partial charge is 0.270 e. The summed E-state index contributed by atoms with van der Waals surface area (Å²) in [6.07, 6.45) is 1.75. The minimum absolute atomic E-state index is 0.129. The van der Waals surface area contributed by atoms with E-state index in [1.165, 1.54) is 11.8 Å². The Kier molecular flexibility index (Phi) is 4.24. The maximum atomic E-state index is 12.7. The van der Waals surface area contributed by atoms with Gasteiger partial charge in [-0.1, -0.05) is 53.8 Å². The second kappa shape index (κ2) is 6.18. The first-order valence-electron chi connectivity index (χ1n) is 7.10. The number of phenolic OH excluding ortho intramolecular Hbond substituents is 1. The number of amides is 1. The zero-order valence-corrected chi connectivity index (χ0v) is 14.4. The summed E-state index contributed by atoms with van der Waals surface area (Å²) in [5.74, 6) is 0.0407. The molecule has 0 saturated carbocycles. The average molecular weight is 341 g/mol. The number of aromatic hydroxyl groups is 1. The van der Waals surface area contributed by atoms with E-state index < -0.39 is 0 Å². The lowest BCUT2D eigenvalue weighted by molar-refractivity contribution is -0.113. The van der Waals surface area contributed by atoms with Crippen LogP contribution in [-0.2, 0) is 4.79 Å². The third-order valence-electron chi connectivity index (χ3n) is 3.55. The molecule has 3 nitrogen and oxygen atoms in total. The van der Waals surface area contributed by atoms with Crippen LogP contribution in [-0.4, -0.2) is 15.3 Å². The first-order valence-corrected chi connectivity index (χ1v) is 8.32. The zero-order chi connectivity index (χ0) is 16.6. The van der Waals surface area contributed by atoms with Crippen molar-refractivity contribution >= 4 is 46.0 Å². The number of hydrogen-bond acceptors (Lipinski definition) is 4. The van der Waals surface area contributed by atoms with Gasteiger partial charge in [-0.15, -0.1) is 0 Å². The monoisotopic (exact) mass is 341 g/mol. The van der Waals surface area contributed by atoms with Gasteiger partial charge >= 0.3 is 0 Å². The van der Waals surface area contributed by atoms with Crippen LogP contribution in [0.5, 0.6) is 5.75 Å². The molecule has 116 valence electrons. The van der Waals surface area contributed by atoms with Crippen LogP contribution in [0.2, 0.25) is 0 Å². The maximum absolute atomic E-state index is 12.7. The Balaban J connectivity index is 1.97. The van der Waals surface area contributed by atoms with Crippen molar-refractivity contribution in [1.82, 2.24) is 0 Å². The molecular weight excluding hydrogens is 326 g/mol. The van der Waals surface area contributed by atoms with Crippen LogP contribution in [0.25, 0.3) is 6.08 Å². The lowest BCUT2D eigenvalue weighted by atomic mass is 10.1. The molecule has 23 heavy (non-hydrogen) atoms. The van der Waals surface area contributed by atoms with E-state index in [2.05, 4.69) is 0 Å². The number of nitrogens with zero attached hydrogens (tertiary/aromatic N) is 1. The lowest BCUT2D eigenvalue weighted by Gasteiger charge is -2.17. The predicted molar refractivity (Wildman–Crippen MR) is 99.7 cm³/mol. The highest BCUT2D eigenvalue weighted by Gasteiger charge is 2.33. The van der Waals surface area contributed by atoms with Gasteiger partial charge in [0.15, 0.2) is 4.32 Å². The number of hydrogen-bond donors (Lipinski definition) is 1. The second-order valence-electron chi connectivity index (χ2n) is 5.40. The molecule has 0 aromatic heterocycles. The molecule has 1 aliphatic heterocycles. The molecule has 0 aliphatic carbocycles. The Morgan fingerprint density at radius 1 is 1.17 bits per heavy atom. The minimum Gasteiger partial charge on any atom is -0.508 e. The standard InChI is InChI=1S/C18H15NO2S2/c1-11-6-7-15(12(2)8-11)19-17(21)16(23-18(19)22)10-13-4-3-5-14(20)9-13/h3-10,20H,1-2H3/b16-10+. The van der Waals surface area contributed by atoms with E-state index in [9.17, 15) is 9.90 Å². The first-order chi connectivity index (χ1) is 11.0. The maximum Gasteiger partial charge on any atom is 0.270 e. The SMILES string of the molecule is Cc1ccc(N2C(=O)/C(=C\c3cccc(O)c3)SC2=S)c(C)c1. The molecule has 1 N–H and O–H groups in total. The third kappa shape index (κ3) is 3.16. The number of aryl methyl sites for hydroxylation is 2. The molecule has 1 fully saturated rings. The normalized spacial score (nSPS) is 16.4. The summed E-state index contributed by atoms with van der Waals surface area (Å²) in [4.78, 5) is 14.9. The molecule has 1 saturated heterocycles. The Hall–Kier alpha value is -2.11. The lowest BCUT2D eigenvalue weighted by Crippen LogP contribution is -2.28. The van der Waals surface area contributed by atoms with E-state index in [-0.39, 0.29) is 11.7 Å². The molecule has 2 aromatic rings. The highest BCUT2D eigenvalue weighted by atomic mass is 32.2. The van der Waals surface area contributed by atoms with E-state index in [4.69, 9.17) is 12.2 Å². The van der Waals surface area contributed by atoms with Gasteiger partial charge in [0, 0.05) is 0 Å². The summed E-state index contributed by atoms with van der Waals surface area (Å²) in [5, 5.41) is 9.54. The van der Waals surface area contributed by atoms with Gasteiger partial charge in [-0.05, 0) is 49.2 Å². The number of carbonyl (C=O) groups is 1. The molecule has 3 rings (SSSR count). The number of carbonyl (C=O) groups excluding carboxylic acids is 1. The summed E-state index contributed by atoms with van der Waals surface area (Å²) in [6.45, 7) is 3.99. The predicted octanol–water partition coefficient (Wildman–Crippen LogP) is 4.41. The van der Waals surface area contributed by atoms with Crippen molar-refractivity contribution in [1.29, 1.82) is 0 Å². The molecule has 0 bridgehead atoms. The number of benzene rings is 2. The summed E-state index contributed by atoms with van der Waals surface area (Å²) in [6, 6.07) is 12.7. The Morgan fingerprint density at radius 2 is 1.96 bits per heavy atom. The fraction of sp³-hybridized carbons (Fsp3) is 0.111. The quantitative estimate of drug-likeness (QED) is 0.649. The van der Waals surface area contributed by atoms with Gasteiger partial charge in [0.05, 0.1) is 10.6 Å². The number of thiocarbonyl (C=S) groups is 1. The van der Waals surface area contributed by atoms with Crippen molar-refractivity contribution in [3.05, 3.63) is 64.1 Å². The van der Waals surface area contributed by atoms with Crippen molar-refractivity contribution in [2.45, 2.75) is 13.8 Å². The van der Waals surface area contributed by atoms with Gasteiger partial charge in [-0.3, -0.25) is 9.69 Å². The van der Waals surface area contributed by atoms with E-state index in [1.807, 2.05) is 38.1 Å². The molecule has 0 spiro atoms. The number of rotatable bonds is 2. The van der Waals surface area contributed by atoms with Crippen LogP contribution in [0.3, 0.4) is 0 Å². The summed E-state index contributed by atoms with van der Waals surface area (Å²) < 4.78 is 0.522.